The molecule has 2 aromatic carbocycles. The van der Waals surface area contributed by atoms with E-state index >= 15 is 0 Å². The maximum absolute atomic E-state index is 12.0. The minimum absolute atomic E-state index is 0.318. The third kappa shape index (κ3) is 5.87. The summed E-state index contributed by atoms with van der Waals surface area (Å²) in [7, 11) is 0. The summed E-state index contributed by atoms with van der Waals surface area (Å²) in [5.41, 5.74) is 3.69. The molecule has 5 heteroatoms. The van der Waals surface area contributed by atoms with E-state index in [-0.39, 0.29) is 12.5 Å². The number of halogens is 1. The van der Waals surface area contributed by atoms with Crippen LogP contribution in [0.3, 0.4) is 0 Å². The minimum Gasteiger partial charge on any atom is -0.452 e. The lowest BCUT2D eigenvalue weighted by Crippen LogP contribution is -2.21. The zero-order chi connectivity index (χ0) is 18.2. The number of amides is 1. The van der Waals surface area contributed by atoms with Crippen molar-refractivity contribution in [3.63, 3.8) is 0 Å². The number of esters is 1. The highest BCUT2D eigenvalue weighted by Gasteiger charge is 2.10. The third-order valence-electron chi connectivity index (χ3n) is 3.63. The summed E-state index contributed by atoms with van der Waals surface area (Å²) in [4.78, 5) is 23.8. The lowest BCUT2D eigenvalue weighted by Gasteiger charge is -2.12. The SMILES string of the molecule is CCc1cccc(C)c1NC(=O)COC(=O)/C=C/c1ccc(Br)cc1. The Labute approximate surface area is 156 Å². The Balaban J connectivity index is 1.87. The molecule has 4 nitrogen and oxygen atoms in total. The second-order valence-corrected chi connectivity index (χ2v) is 6.42. The third-order valence-corrected chi connectivity index (χ3v) is 4.16. The van der Waals surface area contributed by atoms with Gasteiger partial charge in [-0.05, 0) is 48.2 Å². The summed E-state index contributed by atoms with van der Waals surface area (Å²) in [6.45, 7) is 3.64. The molecule has 0 aromatic heterocycles. The van der Waals surface area contributed by atoms with Gasteiger partial charge in [-0.3, -0.25) is 4.79 Å². The maximum atomic E-state index is 12.0. The van der Waals surface area contributed by atoms with Crippen molar-refractivity contribution in [1.82, 2.24) is 0 Å². The zero-order valence-electron chi connectivity index (χ0n) is 14.2. The van der Waals surface area contributed by atoms with Crippen molar-refractivity contribution in [3.05, 3.63) is 69.7 Å². The predicted molar refractivity (Wildman–Crippen MR) is 103 cm³/mol. The molecule has 0 bridgehead atoms. The smallest absolute Gasteiger partial charge is 0.331 e. The van der Waals surface area contributed by atoms with Gasteiger partial charge >= 0.3 is 5.97 Å². The highest BCUT2D eigenvalue weighted by molar-refractivity contribution is 9.10. The molecule has 0 atom stereocenters. The van der Waals surface area contributed by atoms with E-state index in [4.69, 9.17) is 4.74 Å². The summed E-state index contributed by atoms with van der Waals surface area (Å²) in [5.74, 6) is -0.909. The van der Waals surface area contributed by atoms with E-state index in [1.165, 1.54) is 6.08 Å². The van der Waals surface area contributed by atoms with Crippen LogP contribution in [0.15, 0.2) is 53.0 Å². The zero-order valence-corrected chi connectivity index (χ0v) is 15.8. The molecule has 0 fully saturated rings. The van der Waals surface area contributed by atoms with Crippen LogP contribution >= 0.6 is 15.9 Å². The molecule has 0 unspecified atom stereocenters. The first kappa shape index (κ1) is 18.9. The van der Waals surface area contributed by atoms with E-state index in [1.807, 2.05) is 56.3 Å². The highest BCUT2D eigenvalue weighted by atomic mass is 79.9. The lowest BCUT2D eigenvalue weighted by molar-refractivity contribution is -0.142. The van der Waals surface area contributed by atoms with Crippen LogP contribution in [-0.2, 0) is 20.7 Å². The molecule has 0 spiro atoms. The molecule has 2 aromatic rings. The predicted octanol–water partition coefficient (Wildman–Crippen LogP) is 4.52. The molecule has 0 aliphatic carbocycles. The van der Waals surface area contributed by atoms with Crippen molar-refractivity contribution in [1.29, 1.82) is 0 Å². The number of hydrogen-bond donors (Lipinski definition) is 1. The average molecular weight is 402 g/mol. The molecule has 0 heterocycles. The molecule has 0 radical (unpaired) electrons. The van der Waals surface area contributed by atoms with Gasteiger partial charge in [0.15, 0.2) is 6.61 Å². The second-order valence-electron chi connectivity index (χ2n) is 5.50. The number of anilines is 1. The van der Waals surface area contributed by atoms with Gasteiger partial charge in [0.2, 0.25) is 0 Å². The van der Waals surface area contributed by atoms with Crippen LogP contribution in [0.2, 0.25) is 0 Å². The quantitative estimate of drug-likeness (QED) is 0.571. The molecule has 25 heavy (non-hydrogen) atoms. The number of rotatable bonds is 6. The van der Waals surface area contributed by atoms with Crippen LogP contribution < -0.4 is 5.32 Å². The standard InChI is InChI=1S/C20H20BrNO3/c1-3-16-6-4-5-14(2)20(16)22-18(23)13-25-19(24)12-9-15-7-10-17(21)11-8-15/h4-12H,3,13H2,1-2H3,(H,22,23)/b12-9+. The van der Waals surface area contributed by atoms with Crippen LogP contribution in [0.1, 0.15) is 23.6 Å². The normalized spacial score (nSPS) is 10.7. The van der Waals surface area contributed by atoms with Gasteiger partial charge in [0.25, 0.3) is 5.91 Å². The monoisotopic (exact) mass is 401 g/mol. The molecular formula is C20H20BrNO3. The number of nitrogens with one attached hydrogen (secondary N) is 1. The number of carbonyl (C=O) groups is 2. The summed E-state index contributed by atoms with van der Waals surface area (Å²) in [6.07, 6.45) is 3.76. The number of benzene rings is 2. The van der Waals surface area contributed by atoms with Crippen LogP contribution in [0.4, 0.5) is 5.69 Å². The molecule has 130 valence electrons. The van der Waals surface area contributed by atoms with E-state index in [0.29, 0.717) is 0 Å². The molecule has 0 aliphatic heterocycles. The average Bonchev–Trinajstić information content (AvgIpc) is 2.61. The Kier molecular flexibility index (Phi) is 6.95. The minimum atomic E-state index is -0.557. The number of ether oxygens (including phenoxy) is 1. The Bertz CT molecular complexity index is 782. The van der Waals surface area contributed by atoms with Gasteiger partial charge in [0, 0.05) is 16.2 Å². The maximum Gasteiger partial charge on any atom is 0.331 e. The molecule has 1 amide bonds. The molecular weight excluding hydrogens is 382 g/mol. The van der Waals surface area contributed by atoms with Gasteiger partial charge in [0.1, 0.15) is 0 Å². The first-order valence-corrected chi connectivity index (χ1v) is 8.77. The van der Waals surface area contributed by atoms with Gasteiger partial charge < -0.3 is 10.1 Å². The largest absolute Gasteiger partial charge is 0.452 e. The molecule has 2 rings (SSSR count). The van der Waals surface area contributed by atoms with E-state index < -0.39 is 5.97 Å². The second kappa shape index (κ2) is 9.18. The summed E-state index contributed by atoms with van der Waals surface area (Å²) in [5, 5.41) is 2.82. The van der Waals surface area contributed by atoms with E-state index in [0.717, 1.165) is 33.3 Å². The highest BCUT2D eigenvalue weighted by Crippen LogP contribution is 2.20. The molecule has 0 saturated heterocycles. The van der Waals surface area contributed by atoms with Crippen molar-refractivity contribution in [3.8, 4) is 0 Å². The van der Waals surface area contributed by atoms with Crippen molar-refractivity contribution in [2.24, 2.45) is 0 Å². The topological polar surface area (TPSA) is 55.4 Å². The van der Waals surface area contributed by atoms with Crippen molar-refractivity contribution in [2.75, 3.05) is 11.9 Å². The van der Waals surface area contributed by atoms with Crippen LogP contribution in [-0.4, -0.2) is 18.5 Å². The fourth-order valence-corrected chi connectivity index (χ4v) is 2.56. The Morgan fingerprint density at radius 2 is 1.88 bits per heavy atom. The summed E-state index contributed by atoms with van der Waals surface area (Å²) < 4.78 is 5.95. The summed E-state index contributed by atoms with van der Waals surface area (Å²) in [6, 6.07) is 13.3. The fourth-order valence-electron chi connectivity index (χ4n) is 2.30. The lowest BCUT2D eigenvalue weighted by atomic mass is 10.1. The van der Waals surface area contributed by atoms with Crippen molar-refractivity contribution in [2.45, 2.75) is 20.3 Å². The van der Waals surface area contributed by atoms with Gasteiger partial charge in [0.05, 0.1) is 0 Å². The number of aryl methyl sites for hydroxylation is 2. The molecule has 0 saturated carbocycles. The molecule has 0 aliphatic rings. The van der Waals surface area contributed by atoms with E-state index in [1.54, 1.807) is 6.08 Å². The van der Waals surface area contributed by atoms with Crippen LogP contribution in [0, 0.1) is 6.92 Å². The Hall–Kier alpha value is -2.40. The number of para-hydroxylation sites is 1. The Morgan fingerprint density at radius 1 is 1.16 bits per heavy atom. The van der Waals surface area contributed by atoms with E-state index in [2.05, 4.69) is 21.2 Å². The van der Waals surface area contributed by atoms with Crippen molar-refractivity contribution < 1.29 is 14.3 Å². The number of carbonyl (C=O) groups excluding carboxylic acids is 2. The molecule has 1 N–H and O–H groups in total. The van der Waals surface area contributed by atoms with Crippen LogP contribution in [0.25, 0.3) is 6.08 Å². The summed E-state index contributed by atoms with van der Waals surface area (Å²) >= 11 is 3.35. The Morgan fingerprint density at radius 3 is 2.56 bits per heavy atom. The fraction of sp³-hybridized carbons (Fsp3) is 0.200. The van der Waals surface area contributed by atoms with E-state index in [9.17, 15) is 9.59 Å². The first-order valence-electron chi connectivity index (χ1n) is 7.98. The van der Waals surface area contributed by atoms with Crippen LogP contribution in [0.5, 0.6) is 0 Å². The van der Waals surface area contributed by atoms with Gasteiger partial charge in [-0.15, -0.1) is 0 Å². The first-order chi connectivity index (χ1) is 12.0. The van der Waals surface area contributed by atoms with Gasteiger partial charge in [-0.2, -0.15) is 0 Å². The van der Waals surface area contributed by atoms with Crippen molar-refractivity contribution >= 4 is 39.6 Å². The van der Waals surface area contributed by atoms with Gasteiger partial charge in [-0.25, -0.2) is 4.79 Å². The van der Waals surface area contributed by atoms with Gasteiger partial charge in [-0.1, -0.05) is 53.2 Å². The number of hydrogen-bond acceptors (Lipinski definition) is 3.